The number of benzene rings is 2. The van der Waals surface area contributed by atoms with Crippen LogP contribution in [0.3, 0.4) is 0 Å². The molecule has 0 bridgehead atoms. The van der Waals surface area contributed by atoms with Gasteiger partial charge in [0.05, 0.1) is 7.11 Å². The number of ether oxygens (including phenoxy) is 2. The van der Waals surface area contributed by atoms with E-state index in [1.54, 1.807) is 6.92 Å². The summed E-state index contributed by atoms with van der Waals surface area (Å²) in [5.41, 5.74) is 1.68. The summed E-state index contributed by atoms with van der Waals surface area (Å²) in [5, 5.41) is 3.46. The molecular formula is C22H26ClF3N2O3. The van der Waals surface area contributed by atoms with Crippen LogP contribution in [0.1, 0.15) is 30.4 Å². The van der Waals surface area contributed by atoms with E-state index in [0.717, 1.165) is 12.0 Å². The molecule has 5 nitrogen and oxygen atoms in total. The van der Waals surface area contributed by atoms with E-state index in [4.69, 9.17) is 4.74 Å². The Balaban J connectivity index is 0.00000341. The van der Waals surface area contributed by atoms with Crippen LogP contribution in [0.15, 0.2) is 48.5 Å². The summed E-state index contributed by atoms with van der Waals surface area (Å²) in [4.78, 5) is 13.7. The van der Waals surface area contributed by atoms with Crippen molar-refractivity contribution in [3.63, 3.8) is 0 Å². The summed E-state index contributed by atoms with van der Waals surface area (Å²) in [6, 6.07) is 14.0. The minimum absolute atomic E-state index is 0. The van der Waals surface area contributed by atoms with Gasteiger partial charge in [-0.25, -0.2) is 0 Å². The Morgan fingerprint density at radius 2 is 1.90 bits per heavy atom. The number of carbonyl (C=O) groups is 1. The maximum absolute atomic E-state index is 12.6. The van der Waals surface area contributed by atoms with Crippen molar-refractivity contribution in [2.24, 2.45) is 0 Å². The van der Waals surface area contributed by atoms with E-state index in [0.29, 0.717) is 30.9 Å². The Bertz CT molecular complexity index is 865. The Kier molecular flexibility index (Phi) is 8.59. The van der Waals surface area contributed by atoms with Crippen molar-refractivity contribution in [1.29, 1.82) is 0 Å². The molecule has 0 aromatic heterocycles. The van der Waals surface area contributed by atoms with Crippen LogP contribution in [0.4, 0.5) is 13.2 Å². The largest absolute Gasteiger partial charge is 0.573 e. The molecule has 1 saturated heterocycles. The third kappa shape index (κ3) is 6.77. The predicted molar refractivity (Wildman–Crippen MR) is 114 cm³/mol. The van der Waals surface area contributed by atoms with Gasteiger partial charge >= 0.3 is 6.36 Å². The van der Waals surface area contributed by atoms with Crippen molar-refractivity contribution in [1.82, 2.24) is 10.2 Å². The zero-order valence-electron chi connectivity index (χ0n) is 17.3. The molecule has 1 amide bonds. The van der Waals surface area contributed by atoms with Gasteiger partial charge in [0.1, 0.15) is 11.5 Å². The molecular weight excluding hydrogens is 433 g/mol. The van der Waals surface area contributed by atoms with Crippen molar-refractivity contribution in [2.45, 2.75) is 38.2 Å². The molecule has 0 spiro atoms. The number of nitrogens with one attached hydrogen (secondary N) is 1. The molecule has 2 aromatic rings. The summed E-state index contributed by atoms with van der Waals surface area (Å²) in [6.45, 7) is 3.09. The first-order valence-corrected chi connectivity index (χ1v) is 9.73. The van der Waals surface area contributed by atoms with Crippen molar-refractivity contribution < 1.29 is 27.4 Å². The molecule has 0 radical (unpaired) electrons. The van der Waals surface area contributed by atoms with E-state index < -0.39 is 6.36 Å². The molecule has 170 valence electrons. The van der Waals surface area contributed by atoms with Gasteiger partial charge in [-0.05, 0) is 30.2 Å². The Hall–Kier alpha value is -2.45. The molecule has 9 heteroatoms. The fraction of sp³-hybridized carbons (Fsp3) is 0.409. The standard InChI is InChI=1S/C22H25F3N2O3.ClH/c1-15(28)27-11-10-20(19(14-27)16-6-4-3-5-7-16)26-13-17-12-18(30-22(23,24)25)8-9-21(17)29-2;/h3-9,12,19-20,26H,10-11,13-14H2,1-2H3;1H/t19-,20-;/m0./s1. The van der Waals surface area contributed by atoms with Gasteiger partial charge in [0.15, 0.2) is 0 Å². The number of nitrogens with zero attached hydrogens (tertiary/aromatic N) is 1. The van der Waals surface area contributed by atoms with Crippen LogP contribution in [0.2, 0.25) is 0 Å². The van der Waals surface area contributed by atoms with Crippen molar-refractivity contribution in [3.8, 4) is 11.5 Å². The number of piperidine rings is 1. The van der Waals surface area contributed by atoms with Crippen LogP contribution >= 0.6 is 12.4 Å². The zero-order valence-corrected chi connectivity index (χ0v) is 18.1. The van der Waals surface area contributed by atoms with Gasteiger partial charge in [0, 0.05) is 44.1 Å². The van der Waals surface area contributed by atoms with Crippen molar-refractivity contribution in [3.05, 3.63) is 59.7 Å². The summed E-state index contributed by atoms with van der Waals surface area (Å²) in [6.07, 6.45) is -4.02. The maximum atomic E-state index is 12.6. The Labute approximate surface area is 185 Å². The normalized spacial score (nSPS) is 18.8. The highest BCUT2D eigenvalue weighted by Crippen LogP contribution is 2.31. The quantitative estimate of drug-likeness (QED) is 0.692. The van der Waals surface area contributed by atoms with E-state index >= 15 is 0 Å². The predicted octanol–water partition coefficient (Wildman–Crippen LogP) is 4.51. The fourth-order valence-corrected chi connectivity index (χ4v) is 3.85. The van der Waals surface area contributed by atoms with E-state index in [-0.39, 0.29) is 36.0 Å². The first kappa shape index (κ1) is 24.8. The average molecular weight is 459 g/mol. The van der Waals surface area contributed by atoms with Gasteiger partial charge in [0.25, 0.3) is 0 Å². The highest BCUT2D eigenvalue weighted by Gasteiger charge is 2.32. The highest BCUT2D eigenvalue weighted by atomic mass is 35.5. The third-order valence-electron chi connectivity index (χ3n) is 5.33. The minimum Gasteiger partial charge on any atom is -0.496 e. The van der Waals surface area contributed by atoms with Crippen LogP contribution in [-0.2, 0) is 11.3 Å². The Morgan fingerprint density at radius 1 is 1.19 bits per heavy atom. The molecule has 2 atom stereocenters. The van der Waals surface area contributed by atoms with E-state index in [1.165, 1.54) is 25.3 Å². The summed E-state index contributed by atoms with van der Waals surface area (Å²) in [7, 11) is 1.47. The molecule has 31 heavy (non-hydrogen) atoms. The number of rotatable bonds is 6. The van der Waals surface area contributed by atoms with Gasteiger partial charge in [-0.3, -0.25) is 4.79 Å². The maximum Gasteiger partial charge on any atom is 0.573 e. The van der Waals surface area contributed by atoms with Crippen molar-refractivity contribution >= 4 is 18.3 Å². The van der Waals surface area contributed by atoms with Crippen LogP contribution in [0.25, 0.3) is 0 Å². The number of amides is 1. The lowest BCUT2D eigenvalue weighted by atomic mass is 9.85. The summed E-state index contributed by atoms with van der Waals surface area (Å²) >= 11 is 0. The molecule has 1 N–H and O–H groups in total. The molecule has 0 aliphatic carbocycles. The van der Waals surface area contributed by atoms with E-state index in [9.17, 15) is 18.0 Å². The number of hydrogen-bond donors (Lipinski definition) is 1. The molecule has 1 heterocycles. The van der Waals surface area contributed by atoms with E-state index in [1.807, 2.05) is 35.2 Å². The first-order valence-electron chi connectivity index (χ1n) is 9.73. The second-order valence-corrected chi connectivity index (χ2v) is 7.28. The van der Waals surface area contributed by atoms with Gasteiger partial charge in [-0.15, -0.1) is 25.6 Å². The van der Waals surface area contributed by atoms with Gasteiger partial charge in [-0.1, -0.05) is 30.3 Å². The van der Waals surface area contributed by atoms with Gasteiger partial charge in [0.2, 0.25) is 5.91 Å². The number of halogens is 4. The van der Waals surface area contributed by atoms with Crippen molar-refractivity contribution in [2.75, 3.05) is 20.2 Å². The van der Waals surface area contributed by atoms with Crippen LogP contribution < -0.4 is 14.8 Å². The SMILES string of the molecule is COc1ccc(OC(F)(F)F)cc1CN[C@H]1CCN(C(C)=O)C[C@H]1c1ccccc1.Cl. The molecule has 1 aliphatic rings. The zero-order chi connectivity index (χ0) is 21.7. The van der Waals surface area contributed by atoms with Crippen LogP contribution in [0.5, 0.6) is 11.5 Å². The average Bonchev–Trinajstić information content (AvgIpc) is 2.71. The first-order chi connectivity index (χ1) is 14.3. The lowest BCUT2D eigenvalue weighted by Gasteiger charge is -2.39. The lowest BCUT2D eigenvalue weighted by Crippen LogP contribution is -2.49. The number of carbonyl (C=O) groups excluding carboxylic acids is 1. The monoisotopic (exact) mass is 458 g/mol. The Morgan fingerprint density at radius 3 is 2.52 bits per heavy atom. The number of hydrogen-bond acceptors (Lipinski definition) is 4. The number of alkyl halides is 3. The van der Waals surface area contributed by atoms with E-state index in [2.05, 4.69) is 10.1 Å². The number of methoxy groups -OCH3 is 1. The summed E-state index contributed by atoms with van der Waals surface area (Å²) < 4.78 is 47.1. The minimum atomic E-state index is -4.75. The van der Waals surface area contributed by atoms with Gasteiger partial charge < -0.3 is 19.7 Å². The molecule has 2 aromatic carbocycles. The highest BCUT2D eigenvalue weighted by molar-refractivity contribution is 5.85. The molecule has 0 saturated carbocycles. The number of likely N-dealkylation sites (tertiary alicyclic amines) is 1. The topological polar surface area (TPSA) is 50.8 Å². The van der Waals surface area contributed by atoms with Gasteiger partial charge in [-0.2, -0.15) is 0 Å². The molecule has 1 fully saturated rings. The fourth-order valence-electron chi connectivity index (χ4n) is 3.85. The summed E-state index contributed by atoms with van der Waals surface area (Å²) in [5.74, 6) is 0.304. The second-order valence-electron chi connectivity index (χ2n) is 7.28. The third-order valence-corrected chi connectivity index (χ3v) is 5.33. The smallest absolute Gasteiger partial charge is 0.496 e. The van der Waals surface area contributed by atoms with Crippen LogP contribution in [0, 0.1) is 0 Å². The molecule has 1 aliphatic heterocycles. The molecule has 3 rings (SSSR count). The van der Waals surface area contributed by atoms with Crippen LogP contribution in [-0.4, -0.2) is 43.4 Å². The lowest BCUT2D eigenvalue weighted by molar-refractivity contribution is -0.274. The molecule has 0 unspecified atom stereocenters. The second kappa shape index (κ2) is 10.7.